The van der Waals surface area contributed by atoms with E-state index < -0.39 is 29.4 Å². The van der Waals surface area contributed by atoms with Crippen LogP contribution >= 0.6 is 23.2 Å². The van der Waals surface area contributed by atoms with Gasteiger partial charge in [0, 0.05) is 16.0 Å². The first kappa shape index (κ1) is 25.5. The van der Waals surface area contributed by atoms with Crippen molar-refractivity contribution >= 4 is 41.0 Å². The number of carbonyl (C=O) groups is 3. The van der Waals surface area contributed by atoms with E-state index in [9.17, 15) is 19.5 Å². The Morgan fingerprint density at radius 2 is 1.80 bits per heavy atom. The standard InChI is InChI=1S/C27H29Cl2NO5/c1-3-35-25(33)24(17-7-8-17)30-23(16-9-11-19(28)12-10-16)21(18-5-4-6-20(29)13-18)14-27(2,26(30)34)15-22(31)32/h4-6,9-13,17,21,23-24H,3,7-8,14-15H2,1-2H3,(H,31,32)/t21-,23?,24+,27-/m1/s1. The van der Waals surface area contributed by atoms with Gasteiger partial charge in [-0.2, -0.15) is 0 Å². The summed E-state index contributed by atoms with van der Waals surface area (Å²) in [6, 6.07) is 13.3. The summed E-state index contributed by atoms with van der Waals surface area (Å²) in [5.41, 5.74) is 0.492. The van der Waals surface area contributed by atoms with Gasteiger partial charge in [-0.05, 0) is 67.5 Å². The molecule has 1 aliphatic carbocycles. The van der Waals surface area contributed by atoms with Crippen molar-refractivity contribution in [2.24, 2.45) is 11.3 Å². The molecule has 1 heterocycles. The number of ether oxygens (including phenoxy) is 1. The monoisotopic (exact) mass is 517 g/mol. The molecule has 2 aromatic rings. The Morgan fingerprint density at radius 3 is 2.37 bits per heavy atom. The van der Waals surface area contributed by atoms with Gasteiger partial charge < -0.3 is 14.7 Å². The highest BCUT2D eigenvalue weighted by atomic mass is 35.5. The number of benzene rings is 2. The van der Waals surface area contributed by atoms with Crippen molar-refractivity contribution in [2.45, 2.75) is 57.5 Å². The van der Waals surface area contributed by atoms with Crippen LogP contribution in [0.25, 0.3) is 0 Å². The minimum absolute atomic E-state index is 0.0278. The second-order valence-corrected chi connectivity index (χ2v) is 10.6. The van der Waals surface area contributed by atoms with Gasteiger partial charge >= 0.3 is 11.9 Å². The molecule has 6 nitrogen and oxygen atoms in total. The van der Waals surface area contributed by atoms with Crippen LogP contribution in [-0.4, -0.2) is 40.5 Å². The molecule has 0 bridgehead atoms. The van der Waals surface area contributed by atoms with Gasteiger partial charge in [0.1, 0.15) is 6.04 Å². The zero-order valence-electron chi connectivity index (χ0n) is 19.7. The number of piperidine rings is 1. The van der Waals surface area contributed by atoms with Crippen molar-refractivity contribution in [3.8, 4) is 0 Å². The van der Waals surface area contributed by atoms with Crippen LogP contribution in [0.3, 0.4) is 0 Å². The van der Waals surface area contributed by atoms with Crippen LogP contribution in [0.1, 0.15) is 62.6 Å². The summed E-state index contributed by atoms with van der Waals surface area (Å²) in [7, 11) is 0. The molecule has 1 saturated carbocycles. The molecule has 0 spiro atoms. The van der Waals surface area contributed by atoms with Gasteiger partial charge in [-0.15, -0.1) is 0 Å². The second kappa shape index (κ2) is 10.2. The topological polar surface area (TPSA) is 83.9 Å². The molecule has 0 aromatic heterocycles. The molecule has 1 aliphatic heterocycles. The lowest BCUT2D eigenvalue weighted by Gasteiger charge is -2.51. The average molecular weight is 518 g/mol. The predicted octanol–water partition coefficient (Wildman–Crippen LogP) is 5.87. The van der Waals surface area contributed by atoms with E-state index in [-0.39, 0.29) is 30.8 Å². The van der Waals surface area contributed by atoms with Gasteiger partial charge in [0.25, 0.3) is 0 Å². The first-order valence-electron chi connectivity index (χ1n) is 11.9. The van der Waals surface area contributed by atoms with Crippen LogP contribution in [0.15, 0.2) is 48.5 Å². The second-order valence-electron chi connectivity index (χ2n) is 9.74. The van der Waals surface area contributed by atoms with Crippen molar-refractivity contribution in [1.29, 1.82) is 0 Å². The number of halogens is 2. The lowest BCUT2D eigenvalue weighted by atomic mass is 9.67. The number of amides is 1. The highest BCUT2D eigenvalue weighted by molar-refractivity contribution is 6.30. The fraction of sp³-hybridized carbons (Fsp3) is 0.444. The Bertz CT molecular complexity index is 1120. The predicted molar refractivity (Wildman–Crippen MR) is 133 cm³/mol. The van der Waals surface area contributed by atoms with Gasteiger partial charge in [-0.1, -0.05) is 54.4 Å². The van der Waals surface area contributed by atoms with E-state index in [1.807, 2.05) is 30.3 Å². The van der Waals surface area contributed by atoms with Crippen LogP contribution in [-0.2, 0) is 19.1 Å². The molecule has 4 atom stereocenters. The summed E-state index contributed by atoms with van der Waals surface area (Å²) < 4.78 is 5.43. The number of aliphatic carboxylic acids is 1. The van der Waals surface area contributed by atoms with E-state index in [0.29, 0.717) is 16.5 Å². The zero-order chi connectivity index (χ0) is 25.3. The van der Waals surface area contributed by atoms with E-state index in [1.165, 1.54) is 0 Å². The summed E-state index contributed by atoms with van der Waals surface area (Å²) >= 11 is 12.5. The van der Waals surface area contributed by atoms with E-state index in [2.05, 4.69) is 0 Å². The Labute approximate surface area is 215 Å². The maximum atomic E-state index is 14.2. The molecule has 1 amide bonds. The van der Waals surface area contributed by atoms with E-state index in [4.69, 9.17) is 27.9 Å². The third-order valence-electron chi connectivity index (χ3n) is 7.03. The number of hydrogen-bond acceptors (Lipinski definition) is 4. The van der Waals surface area contributed by atoms with E-state index >= 15 is 0 Å². The highest BCUT2D eigenvalue weighted by Crippen LogP contribution is 2.54. The molecule has 2 aliphatic rings. The first-order valence-corrected chi connectivity index (χ1v) is 12.6. The van der Waals surface area contributed by atoms with Crippen molar-refractivity contribution in [1.82, 2.24) is 4.90 Å². The number of esters is 1. The molecule has 2 aromatic carbocycles. The Morgan fingerprint density at radius 1 is 1.11 bits per heavy atom. The molecule has 1 N–H and O–H groups in total. The van der Waals surface area contributed by atoms with Gasteiger partial charge in [0.15, 0.2) is 0 Å². The summed E-state index contributed by atoms with van der Waals surface area (Å²) in [6.07, 6.45) is 1.56. The van der Waals surface area contributed by atoms with Crippen LogP contribution in [0.4, 0.5) is 0 Å². The van der Waals surface area contributed by atoms with Crippen molar-refractivity contribution in [3.05, 3.63) is 69.7 Å². The molecular formula is C27H29Cl2NO5. The average Bonchev–Trinajstić information content (AvgIpc) is 3.62. The summed E-state index contributed by atoms with van der Waals surface area (Å²) in [6.45, 7) is 3.61. The zero-order valence-corrected chi connectivity index (χ0v) is 21.3. The van der Waals surface area contributed by atoms with E-state index in [1.54, 1.807) is 36.9 Å². The Hall–Kier alpha value is -2.57. The Kier molecular flexibility index (Phi) is 7.43. The largest absolute Gasteiger partial charge is 0.481 e. The first-order chi connectivity index (χ1) is 16.6. The number of carbonyl (C=O) groups excluding carboxylic acids is 2. The van der Waals surface area contributed by atoms with Crippen molar-refractivity contribution in [3.63, 3.8) is 0 Å². The maximum absolute atomic E-state index is 14.2. The highest BCUT2D eigenvalue weighted by Gasteiger charge is 2.56. The molecule has 0 radical (unpaired) electrons. The molecule has 2 fully saturated rings. The molecule has 35 heavy (non-hydrogen) atoms. The molecule has 186 valence electrons. The van der Waals surface area contributed by atoms with Gasteiger partial charge in [-0.25, -0.2) is 4.79 Å². The lowest BCUT2D eigenvalue weighted by molar-refractivity contribution is -0.170. The van der Waals surface area contributed by atoms with Crippen LogP contribution < -0.4 is 0 Å². The molecule has 8 heteroatoms. The number of rotatable bonds is 8. The summed E-state index contributed by atoms with van der Waals surface area (Å²) in [5.74, 6) is -2.18. The van der Waals surface area contributed by atoms with Crippen molar-refractivity contribution < 1.29 is 24.2 Å². The molecular weight excluding hydrogens is 489 g/mol. The molecule has 4 rings (SSSR count). The smallest absolute Gasteiger partial charge is 0.329 e. The normalized spacial score (nSPS) is 25.3. The number of carboxylic acid groups (broad SMARTS) is 1. The third kappa shape index (κ3) is 5.34. The Balaban J connectivity index is 1.92. The van der Waals surface area contributed by atoms with Crippen LogP contribution in [0, 0.1) is 11.3 Å². The number of carboxylic acids is 1. The van der Waals surface area contributed by atoms with Crippen molar-refractivity contribution in [2.75, 3.05) is 6.61 Å². The third-order valence-corrected chi connectivity index (χ3v) is 7.52. The van der Waals surface area contributed by atoms with E-state index in [0.717, 1.165) is 24.0 Å². The molecule has 1 unspecified atom stereocenters. The lowest BCUT2D eigenvalue weighted by Crippen LogP contribution is -2.59. The van der Waals surface area contributed by atoms with Gasteiger partial charge in [0.2, 0.25) is 5.91 Å². The molecule has 1 saturated heterocycles. The number of nitrogens with zero attached hydrogens (tertiary/aromatic N) is 1. The van der Waals surface area contributed by atoms with Gasteiger partial charge in [0.05, 0.1) is 24.5 Å². The fourth-order valence-electron chi connectivity index (χ4n) is 5.36. The van der Waals surface area contributed by atoms with Crippen LogP contribution in [0.2, 0.25) is 10.0 Å². The summed E-state index contributed by atoms with van der Waals surface area (Å²) in [5, 5.41) is 10.8. The maximum Gasteiger partial charge on any atom is 0.329 e. The minimum atomic E-state index is -1.21. The minimum Gasteiger partial charge on any atom is -0.481 e. The fourth-order valence-corrected chi connectivity index (χ4v) is 5.68. The van der Waals surface area contributed by atoms with Crippen LogP contribution in [0.5, 0.6) is 0 Å². The number of likely N-dealkylation sites (tertiary alicyclic amines) is 1. The van der Waals surface area contributed by atoms with Gasteiger partial charge in [-0.3, -0.25) is 9.59 Å². The summed E-state index contributed by atoms with van der Waals surface area (Å²) in [4.78, 5) is 40.9. The quantitative estimate of drug-likeness (QED) is 0.442. The SMILES string of the molecule is CCOC(=O)[C@H](C1CC1)N1C(=O)[C@@](C)(CC(=O)O)C[C@H](c2cccc(Cl)c2)C1c1ccc(Cl)cc1. The number of hydrogen-bond donors (Lipinski definition) is 1.